The van der Waals surface area contributed by atoms with Crippen molar-refractivity contribution in [1.82, 2.24) is 0 Å². The predicted octanol–water partition coefficient (Wildman–Crippen LogP) is 8.74. The van der Waals surface area contributed by atoms with Crippen molar-refractivity contribution < 1.29 is 27.5 Å². The van der Waals surface area contributed by atoms with Gasteiger partial charge in [0, 0.05) is 16.7 Å². The minimum Gasteiger partial charge on any atom is -0.520 e. The summed E-state index contributed by atoms with van der Waals surface area (Å²) >= 11 is 0. The van der Waals surface area contributed by atoms with Crippen LogP contribution >= 0.6 is 0 Å². The molecule has 0 spiro atoms. The summed E-state index contributed by atoms with van der Waals surface area (Å²) in [6.45, 7) is 34.8. The fourth-order valence-corrected chi connectivity index (χ4v) is 5.21. The molecule has 0 N–H and O–H groups in total. The van der Waals surface area contributed by atoms with Gasteiger partial charge in [0.25, 0.3) is 17.8 Å². The predicted molar refractivity (Wildman–Crippen MR) is 159 cm³/mol. The van der Waals surface area contributed by atoms with Crippen LogP contribution in [0.25, 0.3) is 0 Å². The van der Waals surface area contributed by atoms with Gasteiger partial charge in [-0.25, -0.2) is 0 Å². The Hall–Kier alpha value is -1.33. The summed E-state index contributed by atoms with van der Waals surface area (Å²) in [5.74, 6) is 1.82. The van der Waals surface area contributed by atoms with Gasteiger partial charge in [-0.3, -0.25) is 0 Å². The molecule has 0 amide bonds. The van der Waals surface area contributed by atoms with Crippen molar-refractivity contribution in [2.75, 3.05) is 19.8 Å². The first-order valence-corrected chi connectivity index (χ1v) is 23.3. The van der Waals surface area contributed by atoms with Gasteiger partial charge in [-0.1, -0.05) is 6.92 Å². The molecule has 0 aliphatic carbocycles. The molecule has 6 nitrogen and oxygen atoms in total. The van der Waals surface area contributed by atoms with Crippen LogP contribution in [0, 0.1) is 5.41 Å². The molecule has 0 atom stereocenters. The van der Waals surface area contributed by atoms with Crippen LogP contribution in [-0.2, 0) is 27.5 Å². The summed E-state index contributed by atoms with van der Waals surface area (Å²) in [4.78, 5) is 0. The van der Waals surface area contributed by atoms with Gasteiger partial charge >= 0.3 is 0 Å². The highest BCUT2D eigenvalue weighted by Gasteiger charge is 2.35. The fourth-order valence-electron chi connectivity index (χ4n) is 2.75. The molecule has 36 heavy (non-hydrogen) atoms. The van der Waals surface area contributed by atoms with E-state index in [1.165, 1.54) is 0 Å². The van der Waals surface area contributed by atoms with Crippen LogP contribution in [-0.4, -0.2) is 44.8 Å². The van der Waals surface area contributed by atoms with Gasteiger partial charge in [0.15, 0.2) is 0 Å². The Labute approximate surface area is 225 Å². The van der Waals surface area contributed by atoms with Crippen molar-refractivity contribution in [3.63, 3.8) is 0 Å². The van der Waals surface area contributed by atoms with Crippen LogP contribution in [0.3, 0.4) is 0 Å². The van der Waals surface area contributed by atoms with E-state index in [0.29, 0.717) is 37.7 Å². The Kier molecular flexibility index (Phi) is 13.5. The summed E-state index contributed by atoms with van der Waals surface area (Å²) in [6, 6.07) is 0. The molecule has 9 heteroatoms. The normalized spacial score (nSPS) is 12.3. The molecule has 0 bridgehead atoms. The highest BCUT2D eigenvalue weighted by Crippen LogP contribution is 2.31. The molecule has 0 saturated heterocycles. The van der Waals surface area contributed by atoms with E-state index < -0.39 is 30.4 Å². The first-order valence-electron chi connectivity index (χ1n) is 13.1. The van der Waals surface area contributed by atoms with E-state index in [1.54, 1.807) is 0 Å². The van der Waals surface area contributed by atoms with E-state index in [4.69, 9.17) is 27.5 Å². The Morgan fingerprint density at radius 2 is 0.694 bits per heavy atom. The van der Waals surface area contributed by atoms with E-state index in [1.807, 2.05) is 41.5 Å². The molecular formula is C27H56O6Si3. The maximum atomic E-state index is 6.36. The van der Waals surface area contributed by atoms with Crippen LogP contribution in [0.5, 0.6) is 0 Å². The van der Waals surface area contributed by atoms with Gasteiger partial charge in [-0.05, 0) is 107 Å². The van der Waals surface area contributed by atoms with Crippen molar-refractivity contribution in [1.29, 1.82) is 0 Å². The summed E-state index contributed by atoms with van der Waals surface area (Å²) in [5.41, 5.74) is 2.60. The molecule has 212 valence electrons. The fraction of sp³-hybridized carbons (Fsp3) is 0.778. The Morgan fingerprint density at radius 3 is 0.833 bits per heavy atom. The lowest BCUT2D eigenvalue weighted by molar-refractivity contribution is -0.0722. The van der Waals surface area contributed by atoms with E-state index >= 15 is 0 Å². The maximum absolute atomic E-state index is 6.36. The van der Waals surface area contributed by atoms with E-state index in [2.05, 4.69) is 65.8 Å². The highest BCUT2D eigenvalue weighted by atomic mass is 28.4. The van der Waals surface area contributed by atoms with Crippen LogP contribution in [0.2, 0.25) is 58.9 Å². The molecule has 0 rings (SSSR count). The van der Waals surface area contributed by atoms with Crippen molar-refractivity contribution in [3.8, 4) is 0 Å². The topological polar surface area (TPSA) is 55.4 Å². The van der Waals surface area contributed by atoms with E-state index in [9.17, 15) is 0 Å². The molecule has 0 aromatic rings. The lowest BCUT2D eigenvalue weighted by Crippen LogP contribution is -2.39. The molecule has 0 aliphatic rings. The quantitative estimate of drug-likeness (QED) is 0.139. The standard InChI is InChI=1S/C27H56O6Si3/c1-17-27(18-28-24(21(2)3)31-34(8,9)10,19-29-25(22(4)5)32-35(11,12)13)20-30-26(23(6)7)33-36(14,15)16/h17-20H2,1-16H3. The molecular weight excluding hydrogens is 505 g/mol. The van der Waals surface area contributed by atoms with E-state index in [0.717, 1.165) is 23.1 Å². The third-order valence-corrected chi connectivity index (χ3v) is 7.09. The smallest absolute Gasteiger partial charge is 0.263 e. The monoisotopic (exact) mass is 560 g/mol. The number of allylic oxidation sites excluding steroid dienone is 3. The second kappa shape index (κ2) is 14.0. The summed E-state index contributed by atoms with van der Waals surface area (Å²) in [5, 5.41) is 0. The van der Waals surface area contributed by atoms with Crippen molar-refractivity contribution >= 4 is 25.0 Å². The molecule has 0 radical (unpaired) electrons. The Balaban J connectivity index is 6.08. The molecule has 0 unspecified atom stereocenters. The van der Waals surface area contributed by atoms with Crippen LogP contribution in [0.15, 0.2) is 34.6 Å². The third-order valence-electron chi connectivity index (χ3n) is 4.70. The molecule has 0 heterocycles. The zero-order valence-electron chi connectivity index (χ0n) is 26.3. The SMILES string of the molecule is CCC(COC(O[Si](C)(C)C)=C(C)C)(COC(O[Si](C)(C)C)=C(C)C)COC(O[Si](C)(C)C)=C(C)C. The zero-order chi connectivity index (χ0) is 28.5. The van der Waals surface area contributed by atoms with E-state index in [-0.39, 0.29) is 0 Å². The lowest BCUT2D eigenvalue weighted by Gasteiger charge is -2.35. The summed E-state index contributed by atoms with van der Waals surface area (Å²) in [6.07, 6.45) is 0.780. The highest BCUT2D eigenvalue weighted by molar-refractivity contribution is 6.70. The van der Waals surface area contributed by atoms with Crippen LogP contribution in [0.4, 0.5) is 0 Å². The van der Waals surface area contributed by atoms with Crippen molar-refractivity contribution in [2.45, 2.75) is 114 Å². The molecule has 0 saturated carbocycles. The number of rotatable bonds is 16. The van der Waals surface area contributed by atoms with Gasteiger partial charge in [-0.2, -0.15) is 0 Å². The summed E-state index contributed by atoms with van der Waals surface area (Å²) < 4.78 is 37.8. The second-order valence-corrected chi connectivity index (χ2v) is 26.5. The first kappa shape index (κ1) is 34.7. The van der Waals surface area contributed by atoms with Gasteiger partial charge in [-0.15, -0.1) is 0 Å². The first-order chi connectivity index (χ1) is 16.1. The van der Waals surface area contributed by atoms with Crippen molar-refractivity contribution in [3.05, 3.63) is 34.6 Å². The molecule has 0 fully saturated rings. The van der Waals surface area contributed by atoms with Crippen LogP contribution < -0.4 is 0 Å². The Morgan fingerprint density at radius 1 is 0.472 bits per heavy atom. The van der Waals surface area contributed by atoms with Gasteiger partial charge in [0.1, 0.15) is 19.8 Å². The second-order valence-electron chi connectivity index (χ2n) is 13.2. The average molecular weight is 561 g/mol. The van der Waals surface area contributed by atoms with Gasteiger partial charge in [0.05, 0.1) is 5.41 Å². The molecule has 0 aliphatic heterocycles. The third kappa shape index (κ3) is 15.0. The summed E-state index contributed by atoms with van der Waals surface area (Å²) in [7, 11) is -5.51. The number of hydrogen-bond acceptors (Lipinski definition) is 6. The van der Waals surface area contributed by atoms with Gasteiger partial charge < -0.3 is 27.5 Å². The zero-order valence-corrected chi connectivity index (χ0v) is 29.3. The maximum Gasteiger partial charge on any atom is 0.263 e. The average Bonchev–Trinajstić information content (AvgIpc) is 2.67. The molecule has 0 aromatic heterocycles. The minimum absolute atomic E-state index is 0.389. The minimum atomic E-state index is -1.84. The largest absolute Gasteiger partial charge is 0.520 e. The number of hydrogen-bond donors (Lipinski definition) is 0. The Bertz CT molecular complexity index is 681. The van der Waals surface area contributed by atoms with Crippen LogP contribution in [0.1, 0.15) is 54.9 Å². The van der Waals surface area contributed by atoms with Gasteiger partial charge in [0.2, 0.25) is 25.0 Å². The van der Waals surface area contributed by atoms with Crippen molar-refractivity contribution in [2.24, 2.45) is 5.41 Å². The lowest BCUT2D eigenvalue weighted by atomic mass is 9.88. The molecule has 0 aromatic carbocycles. The number of ether oxygens (including phenoxy) is 3.